The average Bonchev–Trinajstić information content (AvgIpc) is 3.40. The summed E-state index contributed by atoms with van der Waals surface area (Å²) in [4.78, 5) is 14.2. The van der Waals surface area contributed by atoms with E-state index in [0.29, 0.717) is 24.4 Å². The van der Waals surface area contributed by atoms with Gasteiger partial charge in [-0.05, 0) is 54.2 Å². The van der Waals surface area contributed by atoms with Crippen LogP contribution in [0.2, 0.25) is 0 Å². The van der Waals surface area contributed by atoms with E-state index < -0.39 is 0 Å². The number of hydrogen-bond donors (Lipinski definition) is 1. The number of benzene rings is 3. The van der Waals surface area contributed by atoms with Gasteiger partial charge in [-0.25, -0.2) is 9.97 Å². The Bertz CT molecular complexity index is 1600. The molecule has 7 heteroatoms. The molecule has 0 unspecified atom stereocenters. The molecule has 0 radical (unpaired) electrons. The molecule has 7 nitrogen and oxygen atoms in total. The highest BCUT2D eigenvalue weighted by Crippen LogP contribution is 2.43. The summed E-state index contributed by atoms with van der Waals surface area (Å²) < 4.78 is 8.46. The van der Waals surface area contributed by atoms with E-state index in [1.165, 1.54) is 12.2 Å². The van der Waals surface area contributed by atoms with E-state index in [-0.39, 0.29) is 0 Å². The minimum atomic E-state index is 0.425. The normalized spacial score (nSPS) is 19.3. The molecule has 2 N–H and O–H groups in total. The van der Waals surface area contributed by atoms with Crippen molar-refractivity contribution in [2.45, 2.75) is 25.5 Å². The molecule has 3 aromatic carbocycles. The molecule has 208 valence electrons. The number of para-hydroxylation sites is 1. The molecule has 2 aliphatic rings. The highest BCUT2D eigenvalue weighted by atomic mass is 16.5. The first-order valence-electron chi connectivity index (χ1n) is 14.6. The Balaban J connectivity index is 1.03. The molecule has 0 amide bonds. The van der Waals surface area contributed by atoms with Crippen molar-refractivity contribution in [3.05, 3.63) is 103 Å². The van der Waals surface area contributed by atoms with Crippen LogP contribution in [-0.4, -0.2) is 52.2 Å². The lowest BCUT2D eigenvalue weighted by atomic mass is 9.79. The Kier molecular flexibility index (Phi) is 7.03. The number of nitrogens with two attached hydrogens (primary N) is 1. The van der Waals surface area contributed by atoms with Gasteiger partial charge in [-0.15, -0.1) is 0 Å². The van der Waals surface area contributed by atoms with E-state index in [4.69, 9.17) is 15.5 Å². The quantitative estimate of drug-likeness (QED) is 0.257. The van der Waals surface area contributed by atoms with Gasteiger partial charge in [-0.1, -0.05) is 60.7 Å². The monoisotopic (exact) mass is 544 g/mol. The largest absolute Gasteiger partial charge is 0.489 e. The summed E-state index contributed by atoms with van der Waals surface area (Å²) in [5.74, 6) is 2.06. The van der Waals surface area contributed by atoms with Crippen LogP contribution < -0.4 is 15.4 Å². The van der Waals surface area contributed by atoms with Gasteiger partial charge in [0.1, 0.15) is 30.1 Å². The van der Waals surface area contributed by atoms with Gasteiger partial charge in [-0.2, -0.15) is 0 Å². The zero-order chi connectivity index (χ0) is 27.6. The number of piperazine rings is 1. The van der Waals surface area contributed by atoms with Crippen LogP contribution in [0.4, 0.5) is 11.5 Å². The summed E-state index contributed by atoms with van der Waals surface area (Å²) in [7, 11) is 0. The first-order valence-corrected chi connectivity index (χ1v) is 14.6. The van der Waals surface area contributed by atoms with E-state index in [2.05, 4.69) is 80.1 Å². The molecule has 0 spiro atoms. The number of fused-ring (bicyclic) bond motifs is 1. The zero-order valence-electron chi connectivity index (χ0n) is 23.3. The van der Waals surface area contributed by atoms with Crippen LogP contribution >= 0.6 is 0 Å². The fourth-order valence-corrected chi connectivity index (χ4v) is 6.37. The maximum absolute atomic E-state index is 6.44. The van der Waals surface area contributed by atoms with Gasteiger partial charge in [0.25, 0.3) is 0 Å². The Hall–Kier alpha value is -4.36. The second-order valence-corrected chi connectivity index (χ2v) is 11.3. The molecule has 2 fully saturated rings. The topological polar surface area (TPSA) is 72.4 Å². The van der Waals surface area contributed by atoms with Crippen molar-refractivity contribution >= 4 is 22.5 Å². The zero-order valence-corrected chi connectivity index (χ0v) is 23.3. The van der Waals surface area contributed by atoms with E-state index >= 15 is 0 Å². The number of rotatable bonds is 8. The predicted octanol–water partition coefficient (Wildman–Crippen LogP) is 6.03. The lowest BCUT2D eigenvalue weighted by Crippen LogP contribution is -2.49. The van der Waals surface area contributed by atoms with Gasteiger partial charge < -0.3 is 19.9 Å². The lowest BCUT2D eigenvalue weighted by Gasteiger charge is -2.42. The van der Waals surface area contributed by atoms with Crippen molar-refractivity contribution in [3.8, 4) is 16.9 Å². The molecule has 5 aromatic rings. The van der Waals surface area contributed by atoms with Crippen molar-refractivity contribution < 1.29 is 4.74 Å². The predicted molar refractivity (Wildman–Crippen MR) is 165 cm³/mol. The molecule has 1 aliphatic heterocycles. The van der Waals surface area contributed by atoms with Crippen LogP contribution in [0.1, 0.15) is 24.4 Å². The summed E-state index contributed by atoms with van der Waals surface area (Å²) in [5, 5.41) is 0.924. The summed E-state index contributed by atoms with van der Waals surface area (Å²) in [6.45, 7) is 6.13. The molecule has 7 rings (SSSR count). The van der Waals surface area contributed by atoms with Crippen molar-refractivity contribution in [2.75, 3.05) is 43.4 Å². The Morgan fingerprint density at radius 2 is 1.59 bits per heavy atom. The minimum absolute atomic E-state index is 0.425. The number of ether oxygens (including phenoxy) is 1. The van der Waals surface area contributed by atoms with Crippen LogP contribution in [0, 0.1) is 5.92 Å². The molecule has 0 bridgehead atoms. The summed E-state index contributed by atoms with van der Waals surface area (Å²) >= 11 is 0. The molecule has 1 saturated carbocycles. The van der Waals surface area contributed by atoms with Crippen LogP contribution in [0.5, 0.6) is 5.75 Å². The van der Waals surface area contributed by atoms with Crippen molar-refractivity contribution in [1.29, 1.82) is 0 Å². The second-order valence-electron chi connectivity index (χ2n) is 11.3. The van der Waals surface area contributed by atoms with Gasteiger partial charge in [0.2, 0.25) is 0 Å². The van der Waals surface area contributed by atoms with Gasteiger partial charge in [0, 0.05) is 56.2 Å². The van der Waals surface area contributed by atoms with E-state index in [0.717, 1.165) is 72.5 Å². The first kappa shape index (κ1) is 25.6. The smallest absolute Gasteiger partial charge is 0.146 e. The molecule has 2 aromatic heterocycles. The van der Waals surface area contributed by atoms with Crippen LogP contribution in [0.25, 0.3) is 22.2 Å². The maximum atomic E-state index is 6.44. The molecule has 41 heavy (non-hydrogen) atoms. The third-order valence-electron chi connectivity index (χ3n) is 8.65. The second kappa shape index (κ2) is 11.3. The summed E-state index contributed by atoms with van der Waals surface area (Å²) in [6, 6.07) is 29.7. The number of nitrogens with zero attached hydrogens (tertiary/aromatic N) is 5. The Morgan fingerprint density at radius 1 is 0.829 bits per heavy atom. The van der Waals surface area contributed by atoms with Gasteiger partial charge in [0.15, 0.2) is 0 Å². The standard InChI is InChI=1S/C34H36N6O/c35-33-32-31(27-10-7-13-30(20-27)41-23-25-8-3-1-4-9-25)22-40(34(32)37-24-36-33)29-18-26(19-29)21-38-14-16-39(17-15-38)28-11-5-2-6-12-28/h1-13,20,22,24,26,29H,14-19,21,23H2,(H2,35,36,37)/t26-,29+. The Labute approximate surface area is 241 Å². The van der Waals surface area contributed by atoms with Crippen LogP contribution in [0.3, 0.4) is 0 Å². The number of anilines is 2. The SMILES string of the molecule is Nc1ncnc2c1c(-c1cccc(OCc3ccccc3)c1)cn2[C@H]1C[C@@H](CN2CCN(c3ccccc3)CC2)C1. The minimum Gasteiger partial charge on any atom is -0.489 e. The van der Waals surface area contributed by atoms with Gasteiger partial charge in [0.05, 0.1) is 5.39 Å². The molecule has 0 atom stereocenters. The molecule has 1 saturated heterocycles. The lowest BCUT2D eigenvalue weighted by molar-refractivity contribution is 0.126. The molecule has 3 heterocycles. The van der Waals surface area contributed by atoms with Gasteiger partial charge in [-0.3, -0.25) is 4.90 Å². The van der Waals surface area contributed by atoms with E-state index in [1.807, 2.05) is 30.3 Å². The number of nitrogen functional groups attached to an aromatic ring is 1. The van der Waals surface area contributed by atoms with E-state index in [9.17, 15) is 0 Å². The molecule has 1 aliphatic carbocycles. The fourth-order valence-electron chi connectivity index (χ4n) is 6.37. The fraction of sp³-hybridized carbons (Fsp3) is 0.294. The van der Waals surface area contributed by atoms with Crippen LogP contribution in [-0.2, 0) is 6.61 Å². The first-order chi connectivity index (χ1) is 20.2. The third-order valence-corrected chi connectivity index (χ3v) is 8.65. The van der Waals surface area contributed by atoms with Crippen LogP contribution in [0.15, 0.2) is 97.5 Å². The highest BCUT2D eigenvalue weighted by molar-refractivity contribution is 6.00. The maximum Gasteiger partial charge on any atom is 0.146 e. The summed E-state index contributed by atoms with van der Waals surface area (Å²) in [5.41, 5.74) is 12.0. The number of aromatic nitrogens is 3. The van der Waals surface area contributed by atoms with Crippen molar-refractivity contribution in [1.82, 2.24) is 19.4 Å². The third kappa shape index (κ3) is 5.37. The van der Waals surface area contributed by atoms with Gasteiger partial charge >= 0.3 is 0 Å². The van der Waals surface area contributed by atoms with Crippen molar-refractivity contribution in [2.24, 2.45) is 5.92 Å². The summed E-state index contributed by atoms with van der Waals surface area (Å²) in [6.07, 6.45) is 6.13. The highest BCUT2D eigenvalue weighted by Gasteiger charge is 2.34. The molecular weight excluding hydrogens is 508 g/mol. The Morgan fingerprint density at radius 3 is 2.37 bits per heavy atom. The number of hydrogen-bond acceptors (Lipinski definition) is 6. The van der Waals surface area contributed by atoms with E-state index in [1.54, 1.807) is 6.33 Å². The average molecular weight is 545 g/mol. The molecular formula is C34H36N6O. The van der Waals surface area contributed by atoms with Crippen molar-refractivity contribution in [3.63, 3.8) is 0 Å².